The predicted molar refractivity (Wildman–Crippen MR) is 69.0 cm³/mol. The molecule has 1 rings (SSSR count). The van der Waals surface area contributed by atoms with Crippen LogP contribution >= 0.6 is 0 Å². The molecule has 2 unspecified atom stereocenters. The number of rotatable bonds is 6. The highest BCUT2D eigenvalue weighted by atomic mass is 16.4. The van der Waals surface area contributed by atoms with E-state index in [2.05, 4.69) is 6.58 Å². The minimum Gasteiger partial charge on any atom is -0.481 e. The normalized spacial score (nSPS) is 24.9. The van der Waals surface area contributed by atoms with E-state index in [9.17, 15) is 14.7 Å². The molecule has 0 spiro atoms. The van der Waals surface area contributed by atoms with Crippen molar-refractivity contribution >= 4 is 11.9 Å². The van der Waals surface area contributed by atoms with E-state index in [1.807, 2.05) is 6.92 Å². The molecule has 1 heterocycles. The molecular weight excluding hydrogens is 232 g/mol. The molecule has 1 amide bonds. The van der Waals surface area contributed by atoms with Gasteiger partial charge in [-0.3, -0.25) is 9.59 Å². The lowest BCUT2D eigenvalue weighted by atomic mass is 9.83. The second kappa shape index (κ2) is 6.00. The van der Waals surface area contributed by atoms with Crippen LogP contribution in [0.2, 0.25) is 0 Å². The summed E-state index contributed by atoms with van der Waals surface area (Å²) in [6.45, 7) is 6.27. The van der Waals surface area contributed by atoms with Crippen molar-refractivity contribution in [2.45, 2.75) is 38.6 Å². The summed E-state index contributed by atoms with van der Waals surface area (Å²) >= 11 is 0. The van der Waals surface area contributed by atoms with Crippen LogP contribution in [0.1, 0.15) is 32.6 Å². The molecule has 1 aliphatic heterocycles. The van der Waals surface area contributed by atoms with Crippen LogP contribution in [0.4, 0.5) is 0 Å². The van der Waals surface area contributed by atoms with Crippen molar-refractivity contribution in [1.29, 1.82) is 0 Å². The summed E-state index contributed by atoms with van der Waals surface area (Å²) in [4.78, 5) is 25.0. The zero-order chi connectivity index (χ0) is 13.8. The van der Waals surface area contributed by atoms with Crippen LogP contribution in [0, 0.1) is 5.41 Å². The van der Waals surface area contributed by atoms with Gasteiger partial charge >= 0.3 is 5.97 Å². The van der Waals surface area contributed by atoms with E-state index in [-0.39, 0.29) is 12.5 Å². The Morgan fingerprint density at radius 3 is 2.78 bits per heavy atom. The lowest BCUT2D eigenvalue weighted by Crippen LogP contribution is -2.44. The number of amides is 1. The van der Waals surface area contributed by atoms with Gasteiger partial charge in [-0.05, 0) is 19.3 Å². The minimum atomic E-state index is -0.808. The zero-order valence-corrected chi connectivity index (χ0v) is 10.9. The maximum atomic E-state index is 12.0. The quantitative estimate of drug-likeness (QED) is 0.692. The van der Waals surface area contributed by atoms with Crippen LogP contribution in [0.5, 0.6) is 0 Å². The van der Waals surface area contributed by atoms with Crippen molar-refractivity contribution in [1.82, 2.24) is 4.90 Å². The third-order valence-corrected chi connectivity index (χ3v) is 3.59. The molecule has 1 fully saturated rings. The van der Waals surface area contributed by atoms with Gasteiger partial charge in [-0.2, -0.15) is 0 Å². The fourth-order valence-corrected chi connectivity index (χ4v) is 2.54. The maximum absolute atomic E-state index is 12.0. The number of nitrogens with zero attached hydrogens (tertiary/aromatic N) is 1. The van der Waals surface area contributed by atoms with Crippen molar-refractivity contribution < 1.29 is 14.7 Å². The van der Waals surface area contributed by atoms with E-state index in [0.717, 1.165) is 6.42 Å². The predicted octanol–water partition coefficient (Wildman–Crippen LogP) is 0.993. The van der Waals surface area contributed by atoms with E-state index in [1.165, 1.54) is 0 Å². The SMILES string of the molecule is C=CCC(N)C(=O)N1CCC(CCC)(C(=O)O)C1. The molecule has 3 N–H and O–H groups in total. The molecule has 5 nitrogen and oxygen atoms in total. The molecule has 5 heteroatoms. The topological polar surface area (TPSA) is 83.6 Å². The Bertz CT molecular complexity index is 343. The summed E-state index contributed by atoms with van der Waals surface area (Å²) in [5.41, 5.74) is 4.96. The molecule has 102 valence electrons. The molecule has 0 aromatic rings. The van der Waals surface area contributed by atoms with Crippen LogP contribution in [0.3, 0.4) is 0 Å². The minimum absolute atomic E-state index is 0.172. The molecule has 1 aliphatic rings. The summed E-state index contributed by atoms with van der Waals surface area (Å²) in [6.07, 6.45) is 3.94. The van der Waals surface area contributed by atoms with Gasteiger partial charge in [0, 0.05) is 13.1 Å². The summed E-state index contributed by atoms with van der Waals surface area (Å²) < 4.78 is 0. The number of nitrogens with two attached hydrogens (primary N) is 1. The zero-order valence-electron chi connectivity index (χ0n) is 10.9. The van der Waals surface area contributed by atoms with E-state index in [1.54, 1.807) is 11.0 Å². The fraction of sp³-hybridized carbons (Fsp3) is 0.692. The number of hydrogen-bond acceptors (Lipinski definition) is 3. The smallest absolute Gasteiger partial charge is 0.311 e. The number of carbonyl (C=O) groups is 2. The number of aliphatic carboxylic acids is 1. The summed E-state index contributed by atoms with van der Waals surface area (Å²) in [7, 11) is 0. The molecule has 18 heavy (non-hydrogen) atoms. The second-order valence-electron chi connectivity index (χ2n) is 4.98. The van der Waals surface area contributed by atoms with E-state index in [4.69, 9.17) is 5.73 Å². The van der Waals surface area contributed by atoms with Gasteiger partial charge in [0.05, 0.1) is 11.5 Å². The van der Waals surface area contributed by atoms with Crippen molar-refractivity contribution in [3.8, 4) is 0 Å². The lowest BCUT2D eigenvalue weighted by Gasteiger charge is -2.25. The molecule has 0 saturated carbocycles. The molecule has 0 aromatic heterocycles. The monoisotopic (exact) mass is 254 g/mol. The van der Waals surface area contributed by atoms with Crippen molar-refractivity contribution in [3.63, 3.8) is 0 Å². The van der Waals surface area contributed by atoms with Gasteiger partial charge in [-0.25, -0.2) is 0 Å². The molecule has 0 radical (unpaired) electrons. The van der Waals surface area contributed by atoms with Gasteiger partial charge in [0.1, 0.15) is 0 Å². The highest BCUT2D eigenvalue weighted by molar-refractivity contribution is 5.84. The highest BCUT2D eigenvalue weighted by Gasteiger charge is 2.45. The first-order chi connectivity index (χ1) is 8.46. The highest BCUT2D eigenvalue weighted by Crippen LogP contribution is 2.35. The Morgan fingerprint density at radius 2 is 2.28 bits per heavy atom. The van der Waals surface area contributed by atoms with Gasteiger partial charge in [0.2, 0.25) is 5.91 Å². The third-order valence-electron chi connectivity index (χ3n) is 3.59. The average molecular weight is 254 g/mol. The number of carboxylic acids is 1. The first kappa shape index (κ1) is 14.7. The second-order valence-corrected chi connectivity index (χ2v) is 4.98. The van der Waals surface area contributed by atoms with Gasteiger partial charge in [0.25, 0.3) is 0 Å². The molecular formula is C13H22N2O3. The fourth-order valence-electron chi connectivity index (χ4n) is 2.54. The third kappa shape index (κ3) is 2.90. The molecule has 0 aromatic carbocycles. The summed E-state index contributed by atoms with van der Waals surface area (Å²) in [6, 6.07) is -0.603. The summed E-state index contributed by atoms with van der Waals surface area (Å²) in [5.74, 6) is -0.980. The standard InChI is InChI=1S/C13H22N2O3/c1-3-5-10(14)11(16)15-8-7-13(9-15,6-4-2)12(17)18/h3,10H,1,4-9,14H2,2H3,(H,17,18). The number of hydrogen-bond donors (Lipinski definition) is 2. The first-order valence-electron chi connectivity index (χ1n) is 6.35. The van der Waals surface area contributed by atoms with Crippen molar-refractivity contribution in [2.24, 2.45) is 11.1 Å². The molecule has 0 bridgehead atoms. The van der Waals surface area contributed by atoms with Crippen LogP contribution < -0.4 is 5.73 Å². The molecule has 2 atom stereocenters. The Kier molecular flexibility index (Phi) is 4.90. The van der Waals surface area contributed by atoms with Gasteiger partial charge in [-0.1, -0.05) is 19.4 Å². The first-order valence-corrected chi connectivity index (χ1v) is 6.35. The van der Waals surface area contributed by atoms with Gasteiger partial charge in [-0.15, -0.1) is 6.58 Å². The Morgan fingerprint density at radius 1 is 1.61 bits per heavy atom. The average Bonchev–Trinajstić information content (AvgIpc) is 2.74. The number of carbonyl (C=O) groups excluding carboxylic acids is 1. The van der Waals surface area contributed by atoms with E-state index < -0.39 is 17.4 Å². The van der Waals surface area contributed by atoms with Crippen molar-refractivity contribution in [2.75, 3.05) is 13.1 Å². The summed E-state index contributed by atoms with van der Waals surface area (Å²) in [5, 5.41) is 9.35. The Labute approximate surface area is 108 Å². The Hall–Kier alpha value is -1.36. The van der Waals surface area contributed by atoms with Crippen LogP contribution in [0.25, 0.3) is 0 Å². The van der Waals surface area contributed by atoms with Crippen LogP contribution in [-0.4, -0.2) is 41.0 Å². The lowest BCUT2D eigenvalue weighted by molar-refractivity contribution is -0.149. The van der Waals surface area contributed by atoms with Gasteiger partial charge < -0.3 is 15.7 Å². The maximum Gasteiger partial charge on any atom is 0.311 e. The number of likely N-dealkylation sites (tertiary alicyclic amines) is 1. The van der Waals surface area contributed by atoms with Crippen LogP contribution in [-0.2, 0) is 9.59 Å². The Balaban J connectivity index is 2.71. The molecule has 0 aliphatic carbocycles. The van der Waals surface area contributed by atoms with Crippen LogP contribution in [0.15, 0.2) is 12.7 Å². The van der Waals surface area contributed by atoms with Crippen molar-refractivity contribution in [3.05, 3.63) is 12.7 Å². The van der Waals surface area contributed by atoms with Gasteiger partial charge in [0.15, 0.2) is 0 Å². The number of carboxylic acid groups (broad SMARTS) is 1. The van der Waals surface area contributed by atoms with E-state index in [0.29, 0.717) is 25.8 Å². The van der Waals surface area contributed by atoms with E-state index >= 15 is 0 Å². The molecule has 1 saturated heterocycles. The largest absolute Gasteiger partial charge is 0.481 e.